The molecule has 1 aromatic carbocycles. The molecule has 2 aromatic rings. The molecule has 0 aliphatic carbocycles. The van der Waals surface area contributed by atoms with Gasteiger partial charge in [-0.15, -0.1) is 0 Å². The smallest absolute Gasteiger partial charge is 0.263 e. The fourth-order valence-corrected chi connectivity index (χ4v) is 1.69. The topological polar surface area (TPSA) is 50.3 Å². The Labute approximate surface area is 117 Å². The molecule has 0 saturated carbocycles. The van der Waals surface area contributed by atoms with Gasteiger partial charge < -0.3 is 0 Å². The van der Waals surface area contributed by atoms with E-state index < -0.39 is 5.91 Å². The lowest BCUT2D eigenvalue weighted by Gasteiger charge is -2.15. The van der Waals surface area contributed by atoms with E-state index >= 15 is 0 Å². The zero-order chi connectivity index (χ0) is 14.4. The average molecular weight is 265 g/mol. The maximum atomic E-state index is 12.2. The number of likely N-dealkylation sites (N-methyl/N-ethyl adjacent to an activating group) is 1. The number of carbonyl (C=O) groups excluding carboxylic acids is 2. The highest BCUT2D eigenvalue weighted by atomic mass is 16.2. The van der Waals surface area contributed by atoms with E-state index in [9.17, 15) is 9.59 Å². The van der Waals surface area contributed by atoms with E-state index in [-0.39, 0.29) is 5.57 Å². The van der Waals surface area contributed by atoms with Gasteiger partial charge in [0, 0.05) is 13.2 Å². The van der Waals surface area contributed by atoms with Crippen LogP contribution in [0.2, 0.25) is 0 Å². The second-order valence-electron chi connectivity index (χ2n) is 4.12. The van der Waals surface area contributed by atoms with Gasteiger partial charge in [-0.2, -0.15) is 0 Å². The van der Waals surface area contributed by atoms with Crippen LogP contribution in [0.25, 0.3) is 6.08 Å². The number of carbonyl (C=O) groups is 1. The highest BCUT2D eigenvalue weighted by Gasteiger charge is 2.17. The summed E-state index contributed by atoms with van der Waals surface area (Å²) in [7, 11) is 1.57. The van der Waals surface area contributed by atoms with E-state index in [0.717, 1.165) is 5.56 Å². The molecule has 4 nitrogen and oxygen atoms in total. The van der Waals surface area contributed by atoms with Crippen molar-refractivity contribution in [2.45, 2.75) is 0 Å². The van der Waals surface area contributed by atoms with Crippen LogP contribution in [0.4, 0.5) is 5.82 Å². The minimum absolute atomic E-state index is 0.0376. The zero-order valence-electron chi connectivity index (χ0n) is 11.0. The van der Waals surface area contributed by atoms with Gasteiger partial charge in [-0.05, 0) is 23.8 Å². The van der Waals surface area contributed by atoms with Crippen molar-refractivity contribution in [1.82, 2.24) is 4.98 Å². The van der Waals surface area contributed by atoms with Crippen molar-refractivity contribution in [2.24, 2.45) is 0 Å². The van der Waals surface area contributed by atoms with Gasteiger partial charge in [0.1, 0.15) is 5.82 Å². The lowest BCUT2D eigenvalue weighted by atomic mass is 10.1. The third kappa shape index (κ3) is 3.17. The first-order chi connectivity index (χ1) is 9.72. The van der Waals surface area contributed by atoms with Crippen molar-refractivity contribution >= 4 is 24.1 Å². The minimum atomic E-state index is -0.442. The van der Waals surface area contributed by atoms with E-state index in [1.807, 2.05) is 30.3 Å². The summed E-state index contributed by atoms with van der Waals surface area (Å²) in [4.78, 5) is 28.7. The molecule has 1 aromatic heterocycles. The van der Waals surface area contributed by atoms with Crippen LogP contribution in [-0.4, -0.2) is 24.2 Å². The molecule has 1 radical (unpaired) electrons. The van der Waals surface area contributed by atoms with Gasteiger partial charge in [0.15, 0.2) is 0 Å². The maximum absolute atomic E-state index is 12.2. The van der Waals surface area contributed by atoms with E-state index in [1.165, 1.54) is 11.0 Å². The van der Waals surface area contributed by atoms with Gasteiger partial charge >= 0.3 is 0 Å². The van der Waals surface area contributed by atoms with Crippen molar-refractivity contribution in [2.75, 3.05) is 11.9 Å². The third-order valence-electron chi connectivity index (χ3n) is 2.75. The fourth-order valence-electron chi connectivity index (χ4n) is 1.69. The summed E-state index contributed by atoms with van der Waals surface area (Å²) in [6, 6.07) is 14.4. The Hall–Kier alpha value is -2.75. The first kappa shape index (κ1) is 13.7. The number of hydrogen-bond acceptors (Lipinski definition) is 3. The molecule has 99 valence electrons. The molecule has 2 rings (SSSR count). The van der Waals surface area contributed by atoms with Crippen LogP contribution in [0, 0.1) is 0 Å². The largest absolute Gasteiger partial charge is 0.296 e. The molecule has 20 heavy (non-hydrogen) atoms. The summed E-state index contributed by atoms with van der Waals surface area (Å²) in [6.45, 7) is 0. The zero-order valence-corrected chi connectivity index (χ0v) is 11.0. The number of amides is 1. The van der Waals surface area contributed by atoms with Crippen LogP contribution in [0.15, 0.2) is 60.3 Å². The van der Waals surface area contributed by atoms with Crippen LogP contribution in [0.5, 0.6) is 0 Å². The molecule has 0 spiro atoms. The van der Waals surface area contributed by atoms with Crippen molar-refractivity contribution in [1.29, 1.82) is 0 Å². The van der Waals surface area contributed by atoms with Crippen LogP contribution in [0.1, 0.15) is 5.56 Å². The summed E-state index contributed by atoms with van der Waals surface area (Å²) in [6.07, 6.45) is 4.79. The molecule has 0 aliphatic heterocycles. The standard InChI is InChI=1S/C16H13N2O2/c1-18(15-9-5-6-10-17-15)16(20)14(12-19)11-13-7-3-2-4-8-13/h2-11H,1H3. The Bertz CT molecular complexity index is 621. The van der Waals surface area contributed by atoms with Gasteiger partial charge in [0.05, 0.1) is 5.57 Å². The second kappa shape index (κ2) is 6.43. The number of benzene rings is 1. The number of nitrogens with zero attached hydrogens (tertiary/aromatic N) is 2. The molecule has 1 heterocycles. The molecule has 4 heteroatoms. The molecule has 0 saturated heterocycles. The number of rotatable bonds is 4. The molecular weight excluding hydrogens is 252 g/mol. The third-order valence-corrected chi connectivity index (χ3v) is 2.75. The number of hydrogen-bond donors (Lipinski definition) is 0. The van der Waals surface area contributed by atoms with Crippen molar-refractivity contribution in [3.63, 3.8) is 0 Å². The number of aromatic nitrogens is 1. The van der Waals surface area contributed by atoms with Crippen LogP contribution < -0.4 is 4.90 Å². The normalized spacial score (nSPS) is 10.9. The van der Waals surface area contributed by atoms with Gasteiger partial charge in [-0.1, -0.05) is 36.4 Å². The van der Waals surface area contributed by atoms with E-state index in [1.54, 1.807) is 37.7 Å². The Morgan fingerprint density at radius 1 is 1.15 bits per heavy atom. The van der Waals surface area contributed by atoms with Gasteiger partial charge in [0.25, 0.3) is 5.91 Å². The lowest BCUT2D eigenvalue weighted by Crippen LogP contribution is -2.28. The highest BCUT2D eigenvalue weighted by molar-refractivity contribution is 6.20. The molecule has 1 amide bonds. The molecule has 0 N–H and O–H groups in total. The molecular formula is C16H13N2O2. The highest BCUT2D eigenvalue weighted by Crippen LogP contribution is 2.12. The van der Waals surface area contributed by atoms with E-state index in [4.69, 9.17) is 0 Å². The predicted octanol–water partition coefficient (Wildman–Crippen LogP) is 2.24. The Kier molecular flexibility index (Phi) is 4.39. The second-order valence-corrected chi connectivity index (χ2v) is 4.12. The van der Waals surface area contributed by atoms with Crippen LogP contribution >= 0.6 is 0 Å². The van der Waals surface area contributed by atoms with Crippen molar-refractivity contribution in [3.05, 3.63) is 65.9 Å². The molecule has 0 atom stereocenters. The molecule has 0 fully saturated rings. The van der Waals surface area contributed by atoms with E-state index in [0.29, 0.717) is 5.82 Å². The summed E-state index contributed by atoms with van der Waals surface area (Å²) in [5, 5.41) is 0. The average Bonchev–Trinajstić information content (AvgIpc) is 2.53. The number of pyridine rings is 1. The Balaban J connectivity index is 2.26. The first-order valence-corrected chi connectivity index (χ1v) is 6.06. The van der Waals surface area contributed by atoms with Crippen molar-refractivity contribution < 1.29 is 9.59 Å². The fraction of sp³-hybridized carbons (Fsp3) is 0.0625. The molecule has 0 bridgehead atoms. The van der Waals surface area contributed by atoms with Crippen LogP contribution in [0.3, 0.4) is 0 Å². The Morgan fingerprint density at radius 3 is 2.45 bits per heavy atom. The van der Waals surface area contributed by atoms with Crippen LogP contribution in [-0.2, 0) is 9.59 Å². The quantitative estimate of drug-likeness (QED) is 0.484. The molecule has 0 unspecified atom stereocenters. The Morgan fingerprint density at radius 2 is 1.85 bits per heavy atom. The molecule has 0 aliphatic rings. The van der Waals surface area contributed by atoms with Gasteiger partial charge in [-0.3, -0.25) is 14.5 Å². The monoisotopic (exact) mass is 265 g/mol. The summed E-state index contributed by atoms with van der Waals surface area (Å²) < 4.78 is 0. The SMILES string of the molecule is CN(C(=O)C([C]=O)=Cc1ccccc1)c1ccccn1. The van der Waals surface area contributed by atoms with E-state index in [2.05, 4.69) is 4.98 Å². The summed E-state index contributed by atoms with van der Waals surface area (Å²) in [5.41, 5.74) is 0.734. The predicted molar refractivity (Wildman–Crippen MR) is 77.8 cm³/mol. The number of anilines is 1. The lowest BCUT2D eigenvalue weighted by molar-refractivity contribution is -0.114. The summed E-state index contributed by atoms with van der Waals surface area (Å²) >= 11 is 0. The first-order valence-electron chi connectivity index (χ1n) is 6.06. The van der Waals surface area contributed by atoms with Gasteiger partial charge in [-0.25, -0.2) is 4.98 Å². The summed E-state index contributed by atoms with van der Waals surface area (Å²) in [5.74, 6) is 0.0364. The minimum Gasteiger partial charge on any atom is -0.296 e. The van der Waals surface area contributed by atoms with Crippen molar-refractivity contribution in [3.8, 4) is 0 Å². The maximum Gasteiger partial charge on any atom is 0.263 e. The van der Waals surface area contributed by atoms with Gasteiger partial charge in [0.2, 0.25) is 6.29 Å².